The fourth-order valence-electron chi connectivity index (χ4n) is 1.08. The first-order chi connectivity index (χ1) is 5.77. The molecule has 0 saturated heterocycles. The highest BCUT2D eigenvalue weighted by Gasteiger charge is 2.25. The Morgan fingerprint density at radius 2 is 2.42 bits per heavy atom. The number of amides is 1. The quantitative estimate of drug-likeness (QED) is 0.721. The molecule has 0 spiro atoms. The standard InChI is InChI=1S/C9H11NO2/c1-6-4-5-12-8(6)9(11)10-7-2-3-7/h4-5,7H,2-3H2,1H3,(H,10,11). The summed E-state index contributed by atoms with van der Waals surface area (Å²) in [5.41, 5.74) is 0.896. The van der Waals surface area contributed by atoms with Crippen LogP contribution >= 0.6 is 0 Å². The highest BCUT2D eigenvalue weighted by Crippen LogP contribution is 2.20. The Balaban J connectivity index is 2.07. The van der Waals surface area contributed by atoms with Gasteiger partial charge in [0.1, 0.15) is 0 Å². The van der Waals surface area contributed by atoms with Crippen LogP contribution in [0.5, 0.6) is 0 Å². The number of rotatable bonds is 2. The van der Waals surface area contributed by atoms with Crippen LogP contribution in [0.3, 0.4) is 0 Å². The van der Waals surface area contributed by atoms with E-state index in [1.54, 1.807) is 6.07 Å². The zero-order valence-electron chi connectivity index (χ0n) is 6.96. The van der Waals surface area contributed by atoms with Crippen molar-refractivity contribution in [1.29, 1.82) is 0 Å². The monoisotopic (exact) mass is 165 g/mol. The molecule has 1 aromatic heterocycles. The van der Waals surface area contributed by atoms with Crippen molar-refractivity contribution in [2.24, 2.45) is 0 Å². The summed E-state index contributed by atoms with van der Waals surface area (Å²) in [4.78, 5) is 11.4. The van der Waals surface area contributed by atoms with Crippen LogP contribution in [0.25, 0.3) is 0 Å². The summed E-state index contributed by atoms with van der Waals surface area (Å²) in [6.45, 7) is 1.87. The molecule has 1 aliphatic rings. The third-order valence-corrected chi connectivity index (χ3v) is 1.98. The minimum Gasteiger partial charge on any atom is -0.459 e. The van der Waals surface area contributed by atoms with E-state index in [0.29, 0.717) is 11.8 Å². The van der Waals surface area contributed by atoms with Gasteiger partial charge in [-0.05, 0) is 25.8 Å². The molecule has 0 aromatic carbocycles. The molecular weight excluding hydrogens is 154 g/mol. The number of hydrogen-bond acceptors (Lipinski definition) is 2. The summed E-state index contributed by atoms with van der Waals surface area (Å²) in [6, 6.07) is 2.18. The third-order valence-electron chi connectivity index (χ3n) is 1.98. The van der Waals surface area contributed by atoms with Crippen molar-refractivity contribution in [3.05, 3.63) is 23.7 Å². The Kier molecular flexibility index (Phi) is 1.64. The first-order valence-corrected chi connectivity index (χ1v) is 4.12. The Morgan fingerprint density at radius 1 is 1.67 bits per heavy atom. The lowest BCUT2D eigenvalue weighted by atomic mass is 10.3. The average molecular weight is 165 g/mol. The van der Waals surface area contributed by atoms with E-state index in [9.17, 15) is 4.79 Å². The van der Waals surface area contributed by atoms with Gasteiger partial charge in [-0.2, -0.15) is 0 Å². The van der Waals surface area contributed by atoms with E-state index in [1.165, 1.54) is 6.26 Å². The van der Waals surface area contributed by atoms with Crippen molar-refractivity contribution in [2.45, 2.75) is 25.8 Å². The Hall–Kier alpha value is -1.25. The van der Waals surface area contributed by atoms with Crippen molar-refractivity contribution in [3.63, 3.8) is 0 Å². The summed E-state index contributed by atoms with van der Waals surface area (Å²) >= 11 is 0. The fourth-order valence-corrected chi connectivity index (χ4v) is 1.08. The normalized spacial score (nSPS) is 16.1. The second-order valence-electron chi connectivity index (χ2n) is 3.18. The van der Waals surface area contributed by atoms with Gasteiger partial charge in [0, 0.05) is 11.6 Å². The molecule has 64 valence electrons. The summed E-state index contributed by atoms with van der Waals surface area (Å²) in [6.07, 6.45) is 3.74. The van der Waals surface area contributed by atoms with Gasteiger partial charge in [0.15, 0.2) is 5.76 Å². The van der Waals surface area contributed by atoms with Gasteiger partial charge in [0.05, 0.1) is 6.26 Å². The maximum absolute atomic E-state index is 11.4. The van der Waals surface area contributed by atoms with Crippen LogP contribution in [0.1, 0.15) is 29.0 Å². The molecule has 3 heteroatoms. The average Bonchev–Trinajstić information content (AvgIpc) is 2.72. The molecule has 0 bridgehead atoms. The number of carbonyl (C=O) groups excluding carboxylic acids is 1. The lowest BCUT2D eigenvalue weighted by Gasteiger charge is -1.99. The molecule has 1 aliphatic carbocycles. The van der Waals surface area contributed by atoms with E-state index in [0.717, 1.165) is 18.4 Å². The molecule has 2 rings (SSSR count). The van der Waals surface area contributed by atoms with Crippen LogP contribution in [0.2, 0.25) is 0 Å². The first kappa shape index (κ1) is 7.40. The van der Waals surface area contributed by atoms with Gasteiger partial charge in [0.25, 0.3) is 5.91 Å². The smallest absolute Gasteiger partial charge is 0.287 e. The molecule has 0 atom stereocenters. The van der Waals surface area contributed by atoms with Gasteiger partial charge < -0.3 is 9.73 Å². The highest BCUT2D eigenvalue weighted by atomic mass is 16.3. The zero-order chi connectivity index (χ0) is 8.55. The topological polar surface area (TPSA) is 42.2 Å². The highest BCUT2D eigenvalue weighted by molar-refractivity contribution is 5.93. The van der Waals surface area contributed by atoms with Gasteiger partial charge >= 0.3 is 0 Å². The molecule has 1 amide bonds. The van der Waals surface area contributed by atoms with Crippen molar-refractivity contribution in [1.82, 2.24) is 5.32 Å². The maximum atomic E-state index is 11.4. The minimum atomic E-state index is -0.0833. The van der Waals surface area contributed by atoms with E-state index >= 15 is 0 Å². The van der Waals surface area contributed by atoms with E-state index < -0.39 is 0 Å². The zero-order valence-corrected chi connectivity index (χ0v) is 6.96. The molecule has 0 unspecified atom stereocenters. The Morgan fingerprint density at radius 3 is 2.92 bits per heavy atom. The van der Waals surface area contributed by atoms with E-state index in [1.807, 2.05) is 6.92 Å². The summed E-state index contributed by atoms with van der Waals surface area (Å²) < 4.78 is 5.04. The predicted molar refractivity (Wildman–Crippen MR) is 43.9 cm³/mol. The van der Waals surface area contributed by atoms with Crippen LogP contribution in [-0.2, 0) is 0 Å². The lowest BCUT2D eigenvalue weighted by molar-refractivity contribution is 0.0922. The summed E-state index contributed by atoms with van der Waals surface area (Å²) in [5.74, 6) is 0.363. The van der Waals surface area contributed by atoms with Crippen LogP contribution in [0.4, 0.5) is 0 Å². The van der Waals surface area contributed by atoms with Crippen molar-refractivity contribution >= 4 is 5.91 Å². The molecule has 1 N–H and O–H groups in total. The van der Waals surface area contributed by atoms with Gasteiger partial charge in [-0.3, -0.25) is 4.79 Å². The van der Waals surface area contributed by atoms with Gasteiger partial charge in [-0.1, -0.05) is 0 Å². The predicted octanol–water partition coefficient (Wildman–Crippen LogP) is 1.48. The van der Waals surface area contributed by atoms with Crippen molar-refractivity contribution in [2.75, 3.05) is 0 Å². The van der Waals surface area contributed by atoms with Crippen LogP contribution < -0.4 is 5.32 Å². The van der Waals surface area contributed by atoms with Crippen molar-refractivity contribution < 1.29 is 9.21 Å². The third kappa shape index (κ3) is 1.35. The number of aryl methyl sites for hydroxylation is 1. The molecule has 1 saturated carbocycles. The number of hydrogen-bond donors (Lipinski definition) is 1. The number of carbonyl (C=O) groups is 1. The molecule has 0 aliphatic heterocycles. The Bertz CT molecular complexity index is 299. The molecule has 1 heterocycles. The number of nitrogens with one attached hydrogen (secondary N) is 1. The van der Waals surface area contributed by atoms with Crippen LogP contribution in [0.15, 0.2) is 16.7 Å². The van der Waals surface area contributed by atoms with Crippen LogP contribution in [0, 0.1) is 6.92 Å². The fraction of sp³-hybridized carbons (Fsp3) is 0.444. The largest absolute Gasteiger partial charge is 0.459 e. The molecule has 3 nitrogen and oxygen atoms in total. The van der Waals surface area contributed by atoms with Gasteiger partial charge in [-0.15, -0.1) is 0 Å². The SMILES string of the molecule is Cc1ccoc1C(=O)NC1CC1. The minimum absolute atomic E-state index is 0.0833. The Labute approximate surface area is 70.8 Å². The first-order valence-electron chi connectivity index (χ1n) is 4.12. The van der Waals surface area contributed by atoms with Gasteiger partial charge in [0.2, 0.25) is 0 Å². The molecule has 0 radical (unpaired) electrons. The second-order valence-corrected chi connectivity index (χ2v) is 3.18. The van der Waals surface area contributed by atoms with E-state index in [-0.39, 0.29) is 5.91 Å². The molecular formula is C9H11NO2. The maximum Gasteiger partial charge on any atom is 0.287 e. The van der Waals surface area contributed by atoms with E-state index in [2.05, 4.69) is 5.32 Å². The summed E-state index contributed by atoms with van der Waals surface area (Å²) in [5, 5.41) is 2.86. The molecule has 12 heavy (non-hydrogen) atoms. The lowest BCUT2D eigenvalue weighted by Crippen LogP contribution is -2.25. The van der Waals surface area contributed by atoms with Gasteiger partial charge in [-0.25, -0.2) is 0 Å². The van der Waals surface area contributed by atoms with E-state index in [4.69, 9.17) is 4.42 Å². The summed E-state index contributed by atoms with van der Waals surface area (Å²) in [7, 11) is 0. The van der Waals surface area contributed by atoms with Crippen LogP contribution in [-0.4, -0.2) is 11.9 Å². The molecule has 1 aromatic rings. The van der Waals surface area contributed by atoms with Crippen molar-refractivity contribution in [3.8, 4) is 0 Å². The second kappa shape index (κ2) is 2.66. The molecule has 1 fully saturated rings. The number of furan rings is 1.